The van der Waals surface area contributed by atoms with Gasteiger partial charge in [-0.15, -0.1) is 0 Å². The molecular weight excluding hydrogens is 342 g/mol. The van der Waals surface area contributed by atoms with E-state index in [1.54, 1.807) is 0 Å². The molecule has 0 amide bonds. The average molecular weight is 356 g/mol. The van der Waals surface area contributed by atoms with E-state index in [1.165, 1.54) is 0 Å². The Morgan fingerprint density at radius 1 is 1.32 bits per heavy atom. The number of fused-ring (bicyclic) bond motifs is 1. The maximum Gasteiger partial charge on any atom is 0.152 e. The van der Waals surface area contributed by atoms with E-state index in [9.17, 15) is 5.26 Å². The van der Waals surface area contributed by atoms with E-state index in [4.69, 9.17) is 4.74 Å². The molecule has 0 aliphatic heterocycles. The second kappa shape index (κ2) is 5.82. The van der Waals surface area contributed by atoms with Crippen LogP contribution in [0.4, 0.5) is 0 Å². The molecule has 5 heteroatoms. The van der Waals surface area contributed by atoms with Crippen LogP contribution in [0.3, 0.4) is 0 Å². The van der Waals surface area contributed by atoms with Gasteiger partial charge in [0.25, 0.3) is 0 Å². The number of aromatic nitrogens is 2. The van der Waals surface area contributed by atoms with Crippen molar-refractivity contribution in [2.75, 3.05) is 6.61 Å². The fraction of sp³-hybridized carbons (Fsp3) is 0.176. The lowest BCUT2D eigenvalue weighted by Crippen LogP contribution is -1.92. The third-order valence-corrected chi connectivity index (χ3v) is 4.28. The van der Waals surface area contributed by atoms with E-state index in [0.29, 0.717) is 18.0 Å². The number of halogens is 1. The van der Waals surface area contributed by atoms with E-state index in [1.807, 2.05) is 54.8 Å². The number of nitrogens with zero attached hydrogens (tertiary/aromatic N) is 3. The minimum absolute atomic E-state index is 0.528. The van der Waals surface area contributed by atoms with Crippen LogP contribution in [0.1, 0.15) is 18.2 Å². The maximum absolute atomic E-state index is 9.51. The highest BCUT2D eigenvalue weighted by atomic mass is 79.9. The predicted octanol–water partition coefficient (Wildman–Crippen LogP) is 4.34. The molecule has 0 fully saturated rings. The van der Waals surface area contributed by atoms with Crippen molar-refractivity contribution in [3.63, 3.8) is 0 Å². The number of rotatable bonds is 3. The van der Waals surface area contributed by atoms with Crippen LogP contribution < -0.4 is 4.74 Å². The van der Waals surface area contributed by atoms with Crippen LogP contribution in [0.25, 0.3) is 16.9 Å². The molecule has 4 nitrogen and oxygen atoms in total. The van der Waals surface area contributed by atoms with E-state index < -0.39 is 0 Å². The third kappa shape index (κ3) is 2.46. The van der Waals surface area contributed by atoms with Gasteiger partial charge in [0.1, 0.15) is 23.2 Å². The number of hydrogen-bond acceptors (Lipinski definition) is 3. The van der Waals surface area contributed by atoms with E-state index in [-0.39, 0.29) is 0 Å². The summed E-state index contributed by atoms with van der Waals surface area (Å²) >= 11 is 3.50. The first kappa shape index (κ1) is 14.6. The molecule has 0 unspecified atom stereocenters. The highest BCUT2D eigenvalue weighted by Crippen LogP contribution is 2.28. The van der Waals surface area contributed by atoms with Crippen molar-refractivity contribution < 1.29 is 4.74 Å². The number of benzene rings is 1. The summed E-state index contributed by atoms with van der Waals surface area (Å²) in [5, 5.41) is 9.51. The van der Waals surface area contributed by atoms with Crippen LogP contribution in [0.5, 0.6) is 5.75 Å². The van der Waals surface area contributed by atoms with Gasteiger partial charge in [-0.2, -0.15) is 5.26 Å². The molecule has 0 aliphatic carbocycles. The van der Waals surface area contributed by atoms with Gasteiger partial charge in [-0.05, 0) is 65.7 Å². The van der Waals surface area contributed by atoms with Crippen molar-refractivity contribution in [3.05, 3.63) is 52.3 Å². The van der Waals surface area contributed by atoms with Gasteiger partial charge in [0, 0.05) is 16.2 Å². The van der Waals surface area contributed by atoms with Crippen LogP contribution in [0.2, 0.25) is 0 Å². The third-order valence-electron chi connectivity index (χ3n) is 3.45. The van der Waals surface area contributed by atoms with Gasteiger partial charge in [-0.3, -0.25) is 4.40 Å². The Labute approximate surface area is 137 Å². The summed E-state index contributed by atoms with van der Waals surface area (Å²) < 4.78 is 8.21. The number of aryl methyl sites for hydroxylation is 1. The fourth-order valence-corrected chi connectivity index (χ4v) is 2.66. The zero-order chi connectivity index (χ0) is 15.7. The number of nitriles is 1. The van der Waals surface area contributed by atoms with Gasteiger partial charge < -0.3 is 4.74 Å². The normalized spacial score (nSPS) is 10.6. The summed E-state index contributed by atoms with van der Waals surface area (Å²) in [4.78, 5) is 4.61. The van der Waals surface area contributed by atoms with Crippen molar-refractivity contribution in [3.8, 4) is 23.1 Å². The predicted molar refractivity (Wildman–Crippen MR) is 88.9 cm³/mol. The monoisotopic (exact) mass is 355 g/mol. The largest absolute Gasteiger partial charge is 0.494 e. The summed E-state index contributed by atoms with van der Waals surface area (Å²) in [5.41, 5.74) is 3.96. The molecule has 2 aromatic heterocycles. The molecule has 1 aromatic carbocycles. The minimum atomic E-state index is 0.528. The van der Waals surface area contributed by atoms with Crippen molar-refractivity contribution in [2.45, 2.75) is 13.8 Å². The standard InChI is InChI=1S/C17H14BrN3O/c1-3-22-13-6-4-12(5-7-13)17-15(9-19)21-10-14(18)11(2)8-16(21)20-17/h4-8,10H,3H2,1-2H3. The van der Waals surface area contributed by atoms with Gasteiger partial charge in [-0.25, -0.2) is 4.98 Å². The zero-order valence-electron chi connectivity index (χ0n) is 12.3. The summed E-state index contributed by atoms with van der Waals surface area (Å²) in [5.74, 6) is 0.812. The molecule has 3 rings (SSSR count). The topological polar surface area (TPSA) is 50.3 Å². The maximum atomic E-state index is 9.51. The van der Waals surface area contributed by atoms with Crippen molar-refractivity contribution in [1.29, 1.82) is 5.26 Å². The van der Waals surface area contributed by atoms with Crippen molar-refractivity contribution in [1.82, 2.24) is 9.38 Å². The molecule has 0 spiro atoms. The highest BCUT2D eigenvalue weighted by Gasteiger charge is 2.15. The smallest absolute Gasteiger partial charge is 0.152 e. The van der Waals surface area contributed by atoms with E-state index in [2.05, 4.69) is 27.0 Å². The summed E-state index contributed by atoms with van der Waals surface area (Å²) in [6.45, 7) is 4.58. The second-order valence-corrected chi connectivity index (χ2v) is 5.77. The van der Waals surface area contributed by atoms with Crippen LogP contribution in [0.15, 0.2) is 41.0 Å². The SMILES string of the molecule is CCOc1ccc(-c2nc3cc(C)c(Br)cn3c2C#N)cc1. The highest BCUT2D eigenvalue weighted by molar-refractivity contribution is 9.10. The lowest BCUT2D eigenvalue weighted by atomic mass is 10.1. The molecule has 0 saturated heterocycles. The summed E-state index contributed by atoms with van der Waals surface area (Å²) in [7, 11) is 0. The molecule has 0 atom stereocenters. The number of ether oxygens (including phenoxy) is 1. The Hall–Kier alpha value is -2.32. The molecule has 0 N–H and O–H groups in total. The molecule has 110 valence electrons. The molecule has 3 aromatic rings. The molecule has 0 saturated carbocycles. The molecular formula is C17H14BrN3O. The molecule has 22 heavy (non-hydrogen) atoms. The summed E-state index contributed by atoms with van der Waals surface area (Å²) in [6, 6.07) is 11.9. The van der Waals surface area contributed by atoms with Crippen LogP contribution in [0, 0.1) is 18.3 Å². The van der Waals surface area contributed by atoms with E-state index >= 15 is 0 Å². The zero-order valence-corrected chi connectivity index (χ0v) is 13.9. The molecule has 2 heterocycles. The lowest BCUT2D eigenvalue weighted by molar-refractivity contribution is 0.340. The van der Waals surface area contributed by atoms with Crippen molar-refractivity contribution in [2.24, 2.45) is 0 Å². The number of hydrogen-bond donors (Lipinski definition) is 0. The van der Waals surface area contributed by atoms with Crippen LogP contribution in [-0.2, 0) is 0 Å². The Morgan fingerprint density at radius 3 is 2.68 bits per heavy atom. The number of pyridine rings is 1. The fourth-order valence-electron chi connectivity index (χ4n) is 2.34. The lowest BCUT2D eigenvalue weighted by Gasteiger charge is -2.03. The average Bonchev–Trinajstić information content (AvgIpc) is 2.86. The van der Waals surface area contributed by atoms with Gasteiger partial charge in [-0.1, -0.05) is 0 Å². The second-order valence-electron chi connectivity index (χ2n) is 4.91. The Morgan fingerprint density at radius 2 is 2.05 bits per heavy atom. The van der Waals surface area contributed by atoms with Gasteiger partial charge in [0.2, 0.25) is 0 Å². The van der Waals surface area contributed by atoms with Gasteiger partial charge in [0.15, 0.2) is 5.69 Å². The first-order chi connectivity index (χ1) is 10.6. The number of imidazole rings is 1. The summed E-state index contributed by atoms with van der Waals surface area (Å²) in [6.07, 6.45) is 1.88. The van der Waals surface area contributed by atoms with E-state index in [0.717, 1.165) is 27.0 Å². The molecule has 0 bridgehead atoms. The molecule has 0 radical (unpaired) electrons. The first-order valence-electron chi connectivity index (χ1n) is 6.95. The van der Waals surface area contributed by atoms with Crippen molar-refractivity contribution >= 4 is 21.6 Å². The minimum Gasteiger partial charge on any atom is -0.494 e. The van der Waals surface area contributed by atoms with Crippen LogP contribution >= 0.6 is 15.9 Å². The Kier molecular flexibility index (Phi) is 3.86. The Bertz CT molecular complexity index is 876. The van der Waals surface area contributed by atoms with Crippen LogP contribution in [-0.4, -0.2) is 16.0 Å². The van der Waals surface area contributed by atoms with Gasteiger partial charge in [0.05, 0.1) is 6.61 Å². The Balaban J connectivity index is 2.16. The molecule has 0 aliphatic rings. The quantitative estimate of drug-likeness (QED) is 0.701. The first-order valence-corrected chi connectivity index (χ1v) is 7.75. The van der Waals surface area contributed by atoms with Gasteiger partial charge >= 0.3 is 0 Å².